The summed E-state index contributed by atoms with van der Waals surface area (Å²) in [5.74, 6) is 1.20. The number of nitrogens with one attached hydrogen (secondary N) is 2. The second-order valence-electron chi connectivity index (χ2n) is 16.3. The number of ether oxygens (including phenoxy) is 6. The Balaban J connectivity index is 0.619. The maximum Gasteiger partial charge on any atom is 0.259 e. The minimum atomic E-state index is -0.287. The number of hydrogen-bond acceptors (Lipinski definition) is 11. The van der Waals surface area contributed by atoms with Crippen LogP contribution in [0.5, 0.6) is 17.2 Å². The van der Waals surface area contributed by atoms with Crippen LogP contribution in [0.3, 0.4) is 0 Å². The molecule has 0 radical (unpaired) electrons. The number of aromatic nitrogens is 2. The molecule has 1 heterocycles. The van der Waals surface area contributed by atoms with E-state index >= 15 is 0 Å². The standard InChI is InChI=1S/C57H48N4O8S/c1-64-43-23-17-38(18-24-43)45-27-26-44(54-55(45)61-70-60-54)37-15-21-42(22-16-37)58-56(62)47-9-2-4-11-50(47)68-35-33-66-31-29-65-30-32-67-34-36-69-51-12-5-3-10-48(51)57(63)59-49-28-20-41-14-13-39-7-6-8-40-19-25-46(49)53(41)52(39)40/h2-28H,29-36H2,1H3,(H,58,62)(H,59,63). The van der Waals surface area contributed by atoms with Crippen LogP contribution in [0.15, 0.2) is 164 Å². The van der Waals surface area contributed by atoms with Crippen molar-refractivity contribution in [2.45, 2.75) is 0 Å². The van der Waals surface area contributed by atoms with Gasteiger partial charge < -0.3 is 39.1 Å². The molecule has 13 heteroatoms. The van der Waals surface area contributed by atoms with Crippen LogP contribution in [0.25, 0.3) is 65.6 Å². The molecule has 0 aliphatic carbocycles. The van der Waals surface area contributed by atoms with Gasteiger partial charge in [0, 0.05) is 27.9 Å². The highest BCUT2D eigenvalue weighted by atomic mass is 32.1. The van der Waals surface area contributed by atoms with Crippen LogP contribution in [-0.4, -0.2) is 80.5 Å². The van der Waals surface area contributed by atoms with Crippen LogP contribution in [0.4, 0.5) is 11.4 Å². The lowest BCUT2D eigenvalue weighted by Gasteiger charge is -2.16. The Labute approximate surface area is 408 Å². The molecule has 10 rings (SSSR count). The average Bonchev–Trinajstić information content (AvgIpc) is 3.90. The van der Waals surface area contributed by atoms with Gasteiger partial charge in [-0.1, -0.05) is 109 Å². The summed E-state index contributed by atoms with van der Waals surface area (Å²) in [4.78, 5) is 27.0. The Hall–Kier alpha value is -7.94. The number of carbonyl (C=O) groups excluding carboxylic acids is 2. The summed E-state index contributed by atoms with van der Waals surface area (Å²) in [6, 6.07) is 52.7. The van der Waals surface area contributed by atoms with Crippen molar-refractivity contribution in [1.82, 2.24) is 8.75 Å². The molecule has 0 unspecified atom stereocenters. The highest BCUT2D eigenvalue weighted by Crippen LogP contribution is 2.39. The maximum absolute atomic E-state index is 13.6. The molecule has 0 aliphatic heterocycles. The average molecular weight is 949 g/mol. The molecule has 12 nitrogen and oxygen atoms in total. The zero-order chi connectivity index (χ0) is 47.7. The molecule has 0 spiro atoms. The molecule has 0 saturated heterocycles. The third-order valence-corrected chi connectivity index (χ3v) is 12.6. The Morgan fingerprint density at radius 1 is 0.471 bits per heavy atom. The molecule has 70 heavy (non-hydrogen) atoms. The van der Waals surface area contributed by atoms with Crippen LogP contribution in [0.2, 0.25) is 0 Å². The molecule has 2 amide bonds. The Bertz CT molecular complexity index is 3400. The van der Waals surface area contributed by atoms with Crippen molar-refractivity contribution < 1.29 is 38.0 Å². The maximum atomic E-state index is 13.6. The minimum Gasteiger partial charge on any atom is -0.497 e. The van der Waals surface area contributed by atoms with E-state index < -0.39 is 0 Å². The second-order valence-corrected chi connectivity index (χ2v) is 16.9. The highest BCUT2D eigenvalue weighted by Gasteiger charge is 2.18. The van der Waals surface area contributed by atoms with E-state index in [1.807, 2.05) is 78.9 Å². The second kappa shape index (κ2) is 21.6. The quantitative estimate of drug-likeness (QED) is 0.0528. The van der Waals surface area contributed by atoms with Crippen molar-refractivity contribution in [2.24, 2.45) is 0 Å². The van der Waals surface area contributed by atoms with E-state index in [-0.39, 0.29) is 25.0 Å². The summed E-state index contributed by atoms with van der Waals surface area (Å²) in [5.41, 5.74) is 7.85. The lowest BCUT2D eigenvalue weighted by atomic mass is 9.93. The number of para-hydroxylation sites is 2. The molecule has 0 bridgehead atoms. The highest BCUT2D eigenvalue weighted by molar-refractivity contribution is 7.00. The first kappa shape index (κ1) is 45.8. The molecule has 0 fully saturated rings. The number of fused-ring (bicyclic) bond motifs is 1. The van der Waals surface area contributed by atoms with Crippen LogP contribution >= 0.6 is 11.7 Å². The molecule has 10 aromatic rings. The van der Waals surface area contributed by atoms with Crippen molar-refractivity contribution in [2.75, 3.05) is 70.6 Å². The number of hydrogen-bond donors (Lipinski definition) is 2. The monoisotopic (exact) mass is 948 g/mol. The summed E-state index contributed by atoms with van der Waals surface area (Å²) in [6.07, 6.45) is 0. The van der Waals surface area contributed by atoms with E-state index in [9.17, 15) is 9.59 Å². The van der Waals surface area contributed by atoms with Crippen LogP contribution in [0, 0.1) is 0 Å². The number of rotatable bonds is 21. The van der Waals surface area contributed by atoms with E-state index in [0.717, 1.165) is 60.9 Å². The van der Waals surface area contributed by atoms with Gasteiger partial charge in [-0.2, -0.15) is 8.75 Å². The van der Waals surface area contributed by atoms with Crippen molar-refractivity contribution in [3.8, 4) is 39.5 Å². The number of benzene rings is 9. The summed E-state index contributed by atoms with van der Waals surface area (Å²) >= 11 is 1.18. The molecule has 0 aliphatic rings. The summed E-state index contributed by atoms with van der Waals surface area (Å²) < 4.78 is 43.6. The van der Waals surface area contributed by atoms with Crippen molar-refractivity contribution >= 4 is 78.3 Å². The van der Waals surface area contributed by atoms with E-state index in [1.165, 1.54) is 27.9 Å². The van der Waals surface area contributed by atoms with Crippen LogP contribution in [0.1, 0.15) is 20.7 Å². The Kier molecular flexibility index (Phi) is 14.1. The van der Waals surface area contributed by atoms with Crippen molar-refractivity contribution in [1.29, 1.82) is 0 Å². The first-order valence-corrected chi connectivity index (χ1v) is 23.7. The fourth-order valence-electron chi connectivity index (χ4n) is 8.59. The van der Waals surface area contributed by atoms with Gasteiger partial charge in [-0.25, -0.2) is 0 Å². The summed E-state index contributed by atoms with van der Waals surface area (Å²) in [6.45, 7) is 2.67. The van der Waals surface area contributed by atoms with Gasteiger partial charge in [0.1, 0.15) is 41.5 Å². The van der Waals surface area contributed by atoms with Gasteiger partial charge in [-0.05, 0) is 92.7 Å². The molecule has 0 saturated carbocycles. The van der Waals surface area contributed by atoms with E-state index in [4.69, 9.17) is 28.4 Å². The molecule has 1 aromatic heterocycles. The Morgan fingerprint density at radius 3 is 1.53 bits per heavy atom. The van der Waals surface area contributed by atoms with Crippen molar-refractivity contribution in [3.63, 3.8) is 0 Å². The van der Waals surface area contributed by atoms with Gasteiger partial charge in [0.15, 0.2) is 0 Å². The zero-order valence-corrected chi connectivity index (χ0v) is 39.1. The smallest absolute Gasteiger partial charge is 0.259 e. The molecular formula is C57H48N4O8S. The van der Waals surface area contributed by atoms with Gasteiger partial charge in [-0.3, -0.25) is 9.59 Å². The number of methoxy groups -OCH3 is 1. The molecule has 9 aromatic carbocycles. The topological polar surface area (TPSA) is 139 Å². The van der Waals surface area contributed by atoms with Crippen LogP contribution < -0.4 is 24.8 Å². The number of amides is 2. The van der Waals surface area contributed by atoms with E-state index in [1.54, 1.807) is 37.4 Å². The minimum absolute atomic E-state index is 0.248. The van der Waals surface area contributed by atoms with E-state index in [0.29, 0.717) is 68.0 Å². The first-order chi connectivity index (χ1) is 34.5. The fraction of sp³-hybridized carbons (Fsp3) is 0.158. The molecule has 2 N–H and O–H groups in total. The van der Waals surface area contributed by atoms with Gasteiger partial charge in [0.05, 0.1) is 69.6 Å². The number of anilines is 2. The molecule has 350 valence electrons. The normalized spacial score (nSPS) is 11.4. The predicted octanol–water partition coefficient (Wildman–Crippen LogP) is 11.9. The van der Waals surface area contributed by atoms with Gasteiger partial charge in [0.25, 0.3) is 11.8 Å². The first-order valence-electron chi connectivity index (χ1n) is 23.0. The van der Waals surface area contributed by atoms with Gasteiger partial charge in [0.2, 0.25) is 0 Å². The zero-order valence-electron chi connectivity index (χ0n) is 38.3. The van der Waals surface area contributed by atoms with Crippen molar-refractivity contribution in [3.05, 3.63) is 175 Å². The molecular weight excluding hydrogens is 901 g/mol. The molecule has 0 atom stereocenters. The third-order valence-electron chi connectivity index (χ3n) is 12.0. The third kappa shape index (κ3) is 10.1. The van der Waals surface area contributed by atoms with E-state index in [2.05, 4.69) is 74.0 Å². The van der Waals surface area contributed by atoms with Crippen LogP contribution in [-0.2, 0) is 14.2 Å². The predicted molar refractivity (Wildman–Crippen MR) is 277 cm³/mol. The lowest BCUT2D eigenvalue weighted by Crippen LogP contribution is -2.17. The SMILES string of the molecule is COc1ccc(-c2ccc(-c3ccc(NC(=O)c4ccccc4OCCOCCOCCOCCOc4ccccc4C(=O)Nc4ccc5ccc6cccc7ccc4c5c67)cc3)c3nsnc23)cc1. The van der Waals surface area contributed by atoms with Gasteiger partial charge >= 0.3 is 0 Å². The summed E-state index contributed by atoms with van der Waals surface area (Å²) in [7, 11) is 1.65. The lowest BCUT2D eigenvalue weighted by molar-refractivity contribution is 0.00493. The number of nitrogens with zero attached hydrogens (tertiary/aromatic N) is 2. The number of carbonyl (C=O) groups is 2. The summed E-state index contributed by atoms with van der Waals surface area (Å²) in [5, 5.41) is 12.9. The Morgan fingerprint density at radius 2 is 0.957 bits per heavy atom. The largest absolute Gasteiger partial charge is 0.497 e. The van der Waals surface area contributed by atoms with Gasteiger partial charge in [-0.15, -0.1) is 0 Å². The fourth-order valence-corrected chi connectivity index (χ4v) is 9.17.